The number of pyridine rings is 1. The largest absolute Gasteiger partial charge is 0.310 e. The molecule has 1 aliphatic rings. The van der Waals surface area contributed by atoms with Crippen molar-refractivity contribution in [2.24, 2.45) is 5.92 Å². The lowest BCUT2D eigenvalue weighted by molar-refractivity contribution is 0.643. The van der Waals surface area contributed by atoms with Crippen molar-refractivity contribution in [3.63, 3.8) is 0 Å². The molecule has 2 nitrogen and oxygen atoms in total. The molecule has 0 amide bonds. The van der Waals surface area contributed by atoms with Gasteiger partial charge in [0.2, 0.25) is 0 Å². The van der Waals surface area contributed by atoms with Gasteiger partial charge in [-0.3, -0.25) is 4.98 Å². The van der Waals surface area contributed by atoms with E-state index < -0.39 is 0 Å². The van der Waals surface area contributed by atoms with E-state index in [9.17, 15) is 0 Å². The van der Waals surface area contributed by atoms with Crippen LogP contribution in [0.25, 0.3) is 11.3 Å². The number of aryl methyl sites for hydroxylation is 2. The highest BCUT2D eigenvalue weighted by molar-refractivity contribution is 5.81. The smallest absolute Gasteiger partial charge is 0.0705 e. The first kappa shape index (κ1) is 21.5. The summed E-state index contributed by atoms with van der Waals surface area (Å²) in [6.07, 6.45) is 4.37. The Balaban J connectivity index is 1.68. The van der Waals surface area contributed by atoms with Crippen LogP contribution in [0.3, 0.4) is 0 Å². The van der Waals surface area contributed by atoms with Gasteiger partial charge in [-0.1, -0.05) is 67.8 Å². The molecule has 0 aliphatic heterocycles. The highest BCUT2D eigenvalue weighted by atomic mass is 15.1. The van der Waals surface area contributed by atoms with Crippen LogP contribution in [0, 0.1) is 19.8 Å². The summed E-state index contributed by atoms with van der Waals surface area (Å²) in [6.45, 7) is 8.99. The van der Waals surface area contributed by atoms with Crippen molar-refractivity contribution in [2.45, 2.75) is 46.0 Å². The zero-order valence-electron chi connectivity index (χ0n) is 20.0. The zero-order valence-corrected chi connectivity index (χ0v) is 20.0. The molecular formula is C31H32N2. The summed E-state index contributed by atoms with van der Waals surface area (Å²) in [5.41, 5.74) is 9.95. The predicted octanol–water partition coefficient (Wildman–Crippen LogP) is 8.52. The lowest BCUT2D eigenvalue weighted by Gasteiger charge is -2.27. The Hall–Kier alpha value is -3.39. The molecule has 0 bridgehead atoms. The first-order valence-corrected chi connectivity index (χ1v) is 12.0. The van der Waals surface area contributed by atoms with Crippen molar-refractivity contribution >= 4 is 17.1 Å². The number of hydrogen-bond acceptors (Lipinski definition) is 2. The fraction of sp³-hybridized carbons (Fsp3) is 0.258. The van der Waals surface area contributed by atoms with E-state index in [0.29, 0.717) is 0 Å². The lowest BCUT2D eigenvalue weighted by Crippen LogP contribution is -2.12. The maximum absolute atomic E-state index is 4.75. The van der Waals surface area contributed by atoms with Crippen molar-refractivity contribution in [3.8, 4) is 11.3 Å². The SMILES string of the molecule is CCC1CC1(C)c1ccc(N(c2ccc(C)cc2)c2ccc(C)cc2)cc1-c1ccccn1. The van der Waals surface area contributed by atoms with E-state index in [4.69, 9.17) is 4.98 Å². The second-order valence-electron chi connectivity index (χ2n) is 9.68. The van der Waals surface area contributed by atoms with Crippen molar-refractivity contribution in [2.75, 3.05) is 4.90 Å². The van der Waals surface area contributed by atoms with Crippen LogP contribution in [-0.2, 0) is 5.41 Å². The quantitative estimate of drug-likeness (QED) is 0.303. The van der Waals surface area contributed by atoms with E-state index in [1.807, 2.05) is 12.3 Å². The third-order valence-corrected chi connectivity index (χ3v) is 7.31. The molecule has 1 fully saturated rings. The molecule has 3 aromatic carbocycles. The molecular weight excluding hydrogens is 400 g/mol. The number of anilines is 3. The predicted molar refractivity (Wildman–Crippen MR) is 140 cm³/mol. The van der Waals surface area contributed by atoms with E-state index >= 15 is 0 Å². The van der Waals surface area contributed by atoms with E-state index in [1.54, 1.807) is 0 Å². The van der Waals surface area contributed by atoms with Crippen molar-refractivity contribution in [1.29, 1.82) is 0 Å². The molecule has 0 radical (unpaired) electrons. The molecule has 1 aromatic heterocycles. The van der Waals surface area contributed by atoms with Crippen LogP contribution in [-0.4, -0.2) is 4.98 Å². The molecule has 0 N–H and O–H groups in total. The van der Waals surface area contributed by atoms with Crippen LogP contribution in [0.2, 0.25) is 0 Å². The highest BCUT2D eigenvalue weighted by Crippen LogP contribution is 2.58. The first-order chi connectivity index (χ1) is 16.0. The van der Waals surface area contributed by atoms with Crippen molar-refractivity contribution in [1.82, 2.24) is 4.98 Å². The molecule has 0 saturated heterocycles. The van der Waals surface area contributed by atoms with Crippen LogP contribution in [0.5, 0.6) is 0 Å². The van der Waals surface area contributed by atoms with Gasteiger partial charge in [0.05, 0.1) is 5.69 Å². The van der Waals surface area contributed by atoms with Gasteiger partial charge >= 0.3 is 0 Å². The molecule has 2 heteroatoms. The fourth-order valence-corrected chi connectivity index (χ4v) is 5.12. The van der Waals surface area contributed by atoms with Gasteiger partial charge in [-0.25, -0.2) is 0 Å². The summed E-state index contributed by atoms with van der Waals surface area (Å²) in [4.78, 5) is 7.10. The number of rotatable bonds is 6. The van der Waals surface area contributed by atoms with Crippen LogP contribution in [0.1, 0.15) is 43.4 Å². The molecule has 1 aliphatic carbocycles. The second-order valence-corrected chi connectivity index (χ2v) is 9.68. The third-order valence-electron chi connectivity index (χ3n) is 7.31. The molecule has 2 atom stereocenters. The lowest BCUT2D eigenvalue weighted by atomic mass is 9.88. The Labute approximate surface area is 197 Å². The van der Waals surface area contributed by atoms with Gasteiger partial charge in [0.1, 0.15) is 0 Å². The number of aromatic nitrogens is 1. The Bertz CT molecular complexity index is 1200. The van der Waals surface area contributed by atoms with E-state index in [2.05, 4.69) is 111 Å². The third kappa shape index (κ3) is 4.06. The van der Waals surface area contributed by atoms with Crippen molar-refractivity contribution in [3.05, 3.63) is 108 Å². The molecule has 5 rings (SSSR count). The minimum absolute atomic E-state index is 0.235. The van der Waals surface area contributed by atoms with E-state index in [1.165, 1.54) is 35.1 Å². The van der Waals surface area contributed by atoms with E-state index in [0.717, 1.165) is 28.7 Å². The minimum Gasteiger partial charge on any atom is -0.310 e. The molecule has 1 heterocycles. The minimum atomic E-state index is 0.235. The average Bonchev–Trinajstić information content (AvgIpc) is 3.53. The van der Waals surface area contributed by atoms with Gasteiger partial charge in [-0.2, -0.15) is 0 Å². The Kier molecular flexibility index (Phi) is 5.54. The molecule has 33 heavy (non-hydrogen) atoms. The standard InChI is InChI=1S/C31H32N2/c1-5-24-21-31(24,4)29-18-17-27(20-28(29)30-8-6-7-19-32-30)33(25-13-9-22(2)10-14-25)26-15-11-23(3)12-16-26/h6-20,24H,5,21H2,1-4H3. The van der Waals surface area contributed by atoms with Gasteiger partial charge in [-0.05, 0) is 85.7 Å². The molecule has 0 spiro atoms. The second kappa shape index (κ2) is 8.51. The van der Waals surface area contributed by atoms with Gasteiger partial charge in [0, 0.05) is 28.8 Å². The van der Waals surface area contributed by atoms with Crippen LogP contribution < -0.4 is 4.90 Å². The number of benzene rings is 3. The zero-order chi connectivity index (χ0) is 23.0. The Morgan fingerprint density at radius 1 is 0.818 bits per heavy atom. The summed E-state index contributed by atoms with van der Waals surface area (Å²) < 4.78 is 0. The molecule has 1 saturated carbocycles. The van der Waals surface area contributed by atoms with Crippen molar-refractivity contribution < 1.29 is 0 Å². The average molecular weight is 433 g/mol. The summed E-state index contributed by atoms with van der Waals surface area (Å²) >= 11 is 0. The Morgan fingerprint density at radius 2 is 1.42 bits per heavy atom. The molecule has 2 unspecified atom stereocenters. The summed E-state index contributed by atoms with van der Waals surface area (Å²) in [5.74, 6) is 0.746. The summed E-state index contributed by atoms with van der Waals surface area (Å²) in [6, 6.07) is 30.8. The molecule has 166 valence electrons. The maximum atomic E-state index is 4.75. The number of hydrogen-bond donors (Lipinski definition) is 0. The van der Waals surface area contributed by atoms with Crippen LogP contribution in [0.15, 0.2) is 91.1 Å². The van der Waals surface area contributed by atoms with Gasteiger partial charge in [0.15, 0.2) is 0 Å². The van der Waals surface area contributed by atoms with Crippen LogP contribution in [0.4, 0.5) is 17.1 Å². The molecule has 4 aromatic rings. The van der Waals surface area contributed by atoms with Gasteiger partial charge < -0.3 is 4.90 Å². The van der Waals surface area contributed by atoms with Gasteiger partial charge in [0.25, 0.3) is 0 Å². The summed E-state index contributed by atoms with van der Waals surface area (Å²) in [7, 11) is 0. The van der Waals surface area contributed by atoms with Gasteiger partial charge in [-0.15, -0.1) is 0 Å². The highest BCUT2D eigenvalue weighted by Gasteiger charge is 2.50. The fourth-order valence-electron chi connectivity index (χ4n) is 5.12. The number of nitrogens with zero attached hydrogens (tertiary/aromatic N) is 2. The normalized spacial score (nSPS) is 19.3. The summed E-state index contributed by atoms with van der Waals surface area (Å²) in [5, 5.41) is 0. The topological polar surface area (TPSA) is 16.1 Å². The maximum Gasteiger partial charge on any atom is 0.0705 e. The first-order valence-electron chi connectivity index (χ1n) is 12.0. The van der Waals surface area contributed by atoms with Crippen LogP contribution >= 0.6 is 0 Å². The van der Waals surface area contributed by atoms with E-state index in [-0.39, 0.29) is 5.41 Å². The monoisotopic (exact) mass is 432 g/mol. The Morgan fingerprint density at radius 3 is 1.94 bits per heavy atom.